The Morgan fingerprint density at radius 3 is 1.24 bits per heavy atom. The van der Waals surface area contributed by atoms with E-state index in [0.717, 1.165) is 32.4 Å². The lowest BCUT2D eigenvalue weighted by Crippen LogP contribution is -3.00. The van der Waals surface area contributed by atoms with E-state index >= 15 is 0 Å². The normalized spacial score (nSPS) is 18.6. The molecule has 4 N–H and O–H groups in total. The van der Waals surface area contributed by atoms with Crippen LogP contribution >= 0.6 is 0 Å². The third-order valence-electron chi connectivity index (χ3n) is 9.50. The van der Waals surface area contributed by atoms with Crippen LogP contribution in [0.4, 0.5) is 22.7 Å². The zero-order valence-electron chi connectivity index (χ0n) is 27.4. The molecule has 2 atom stereocenters. The highest BCUT2D eigenvalue weighted by Crippen LogP contribution is 2.27. The van der Waals surface area contributed by atoms with Crippen molar-refractivity contribution in [2.45, 2.75) is 77.3 Å². The van der Waals surface area contributed by atoms with Gasteiger partial charge in [0.15, 0.2) is 0 Å². The van der Waals surface area contributed by atoms with E-state index in [0.29, 0.717) is 0 Å². The van der Waals surface area contributed by atoms with Gasteiger partial charge in [-0.05, 0) is 74.2 Å². The molecule has 6 nitrogen and oxygen atoms in total. The second kappa shape index (κ2) is 18.7. The number of anilines is 4. The fourth-order valence-electron chi connectivity index (χ4n) is 6.37. The summed E-state index contributed by atoms with van der Waals surface area (Å²) >= 11 is 0. The third kappa shape index (κ3) is 11.8. The lowest BCUT2D eigenvalue weighted by Gasteiger charge is -2.36. The zero-order valence-corrected chi connectivity index (χ0v) is 31.7. The van der Waals surface area contributed by atoms with Gasteiger partial charge in [-0.2, -0.15) is 0 Å². The molecule has 0 radical (unpaired) electrons. The van der Waals surface area contributed by atoms with Crippen LogP contribution in [0.1, 0.15) is 65.2 Å². The lowest BCUT2D eigenvalue weighted by molar-refractivity contribution is -0.912. The minimum absolute atomic E-state index is 0. The molecule has 0 saturated carbocycles. The minimum atomic E-state index is 0. The highest BCUT2D eigenvalue weighted by Gasteiger charge is 2.35. The number of rotatable bonds is 12. The Bertz CT molecular complexity index is 915. The molecule has 0 aromatic heterocycles. The molecule has 240 valence electrons. The van der Waals surface area contributed by atoms with Gasteiger partial charge in [0.05, 0.1) is 54.4 Å². The predicted molar refractivity (Wildman–Crippen MR) is 176 cm³/mol. The van der Waals surface area contributed by atoms with Crippen LogP contribution in [0.5, 0.6) is 0 Å². The maximum Gasteiger partial charge on any atom is 0.108 e. The van der Waals surface area contributed by atoms with Gasteiger partial charge >= 0.3 is 0 Å². The molecular weight excluding hydrogens is 746 g/mol. The topological polar surface area (TPSA) is 58.5 Å². The highest BCUT2D eigenvalue weighted by atomic mass is 127. The first-order valence-electron chi connectivity index (χ1n) is 15.9. The Kier molecular flexibility index (Phi) is 17.4. The zero-order chi connectivity index (χ0) is 29.2. The van der Waals surface area contributed by atoms with E-state index in [1.165, 1.54) is 102 Å². The van der Waals surface area contributed by atoms with E-state index in [2.05, 4.69) is 76.1 Å². The molecule has 2 fully saturated rings. The standard InChI is InChI=1S/2C17H30N3.2HI/c2*1-4-5-6-13-20(2,3)17-11-12-19(14-17)16-9-7-15(18)8-10-16;;/h2*7-10,17H,4-6,11-14,18H2,1-3H3;2*1H/q2*+1;;/p-2. The van der Waals surface area contributed by atoms with Crippen molar-refractivity contribution < 1.29 is 56.9 Å². The van der Waals surface area contributed by atoms with Gasteiger partial charge in [-0.1, -0.05) is 26.7 Å². The summed E-state index contributed by atoms with van der Waals surface area (Å²) in [6.07, 6.45) is 10.6. The van der Waals surface area contributed by atoms with Crippen molar-refractivity contribution in [1.29, 1.82) is 0 Å². The molecule has 0 amide bonds. The van der Waals surface area contributed by atoms with Gasteiger partial charge in [-0.3, -0.25) is 0 Å². The van der Waals surface area contributed by atoms with Crippen molar-refractivity contribution in [3.8, 4) is 0 Å². The van der Waals surface area contributed by atoms with Gasteiger partial charge in [0.2, 0.25) is 0 Å². The molecule has 2 aromatic rings. The number of hydrogen-bond donors (Lipinski definition) is 2. The maximum absolute atomic E-state index is 5.77. The summed E-state index contributed by atoms with van der Waals surface area (Å²) in [6.45, 7) is 11.8. The molecule has 2 aromatic carbocycles. The number of benzene rings is 2. The lowest BCUT2D eigenvalue weighted by atomic mass is 10.1. The van der Waals surface area contributed by atoms with E-state index in [-0.39, 0.29) is 48.0 Å². The Balaban J connectivity index is 0.000000401. The molecular formula is C34H60I2N6. The van der Waals surface area contributed by atoms with Gasteiger partial charge in [-0.25, -0.2) is 0 Å². The van der Waals surface area contributed by atoms with Crippen LogP contribution in [-0.2, 0) is 0 Å². The van der Waals surface area contributed by atoms with Gasteiger partial charge < -0.3 is 78.2 Å². The monoisotopic (exact) mass is 806 g/mol. The van der Waals surface area contributed by atoms with E-state index < -0.39 is 0 Å². The molecule has 4 rings (SSSR count). The number of quaternary nitrogens is 2. The summed E-state index contributed by atoms with van der Waals surface area (Å²) in [6, 6.07) is 18.1. The van der Waals surface area contributed by atoms with Crippen LogP contribution in [0, 0.1) is 0 Å². The number of nitrogens with zero attached hydrogens (tertiary/aromatic N) is 4. The summed E-state index contributed by atoms with van der Waals surface area (Å²) in [4.78, 5) is 5.01. The van der Waals surface area contributed by atoms with Crippen molar-refractivity contribution in [2.75, 3.05) is 88.7 Å². The molecule has 2 heterocycles. The average Bonchev–Trinajstić information content (AvgIpc) is 3.62. The second-order valence-electron chi connectivity index (χ2n) is 13.4. The van der Waals surface area contributed by atoms with Crippen molar-refractivity contribution in [3.05, 3.63) is 48.5 Å². The van der Waals surface area contributed by atoms with Crippen molar-refractivity contribution >= 4 is 22.7 Å². The quantitative estimate of drug-likeness (QED) is 0.140. The minimum Gasteiger partial charge on any atom is -1.00 e. The molecule has 0 bridgehead atoms. The fraction of sp³-hybridized carbons (Fsp3) is 0.647. The Labute approximate surface area is 292 Å². The molecule has 8 heteroatoms. The SMILES string of the molecule is CCCCC[N+](C)(C)C1CCN(c2ccc(N)cc2)C1.CCCCC[N+](C)(C)C1CCN(c2ccc(N)cc2)C1.[I-].[I-]. The summed E-state index contributed by atoms with van der Waals surface area (Å²) in [7, 11) is 9.58. The molecule has 0 spiro atoms. The summed E-state index contributed by atoms with van der Waals surface area (Å²) in [5.74, 6) is 0. The Morgan fingerprint density at radius 1 is 0.595 bits per heavy atom. The molecule has 2 saturated heterocycles. The number of nitrogens with two attached hydrogens (primary N) is 2. The number of hydrogen-bond acceptors (Lipinski definition) is 4. The van der Waals surface area contributed by atoms with Crippen LogP contribution in [0.15, 0.2) is 48.5 Å². The maximum atomic E-state index is 5.77. The first-order chi connectivity index (χ1) is 19.1. The predicted octanol–water partition coefficient (Wildman–Crippen LogP) is 0.236. The van der Waals surface area contributed by atoms with Crippen LogP contribution in [-0.4, -0.2) is 88.5 Å². The first kappa shape index (κ1) is 39.0. The van der Waals surface area contributed by atoms with Gasteiger partial charge in [0.25, 0.3) is 0 Å². The van der Waals surface area contributed by atoms with Gasteiger partial charge in [0, 0.05) is 48.7 Å². The van der Waals surface area contributed by atoms with Crippen LogP contribution in [0.25, 0.3) is 0 Å². The van der Waals surface area contributed by atoms with Gasteiger partial charge in [-0.15, -0.1) is 0 Å². The molecule has 2 aliphatic heterocycles. The number of halogens is 2. The van der Waals surface area contributed by atoms with Crippen molar-refractivity contribution in [2.24, 2.45) is 0 Å². The molecule has 2 unspecified atom stereocenters. The van der Waals surface area contributed by atoms with Crippen LogP contribution in [0.3, 0.4) is 0 Å². The fourth-order valence-corrected chi connectivity index (χ4v) is 6.37. The Morgan fingerprint density at radius 2 is 0.929 bits per heavy atom. The average molecular weight is 807 g/mol. The number of nitrogen functional groups attached to an aromatic ring is 2. The van der Waals surface area contributed by atoms with Crippen molar-refractivity contribution in [1.82, 2.24) is 0 Å². The van der Waals surface area contributed by atoms with Gasteiger partial charge in [0.1, 0.15) is 12.1 Å². The molecule has 2 aliphatic rings. The van der Waals surface area contributed by atoms with Crippen molar-refractivity contribution in [3.63, 3.8) is 0 Å². The second-order valence-corrected chi connectivity index (χ2v) is 13.4. The summed E-state index contributed by atoms with van der Waals surface area (Å²) < 4.78 is 2.32. The molecule has 42 heavy (non-hydrogen) atoms. The number of likely N-dealkylation sites (N-methyl/N-ethyl adjacent to an activating group) is 2. The van der Waals surface area contributed by atoms with E-state index in [1.54, 1.807) is 0 Å². The van der Waals surface area contributed by atoms with E-state index in [9.17, 15) is 0 Å². The first-order valence-corrected chi connectivity index (χ1v) is 15.9. The largest absolute Gasteiger partial charge is 1.00 e. The summed E-state index contributed by atoms with van der Waals surface area (Å²) in [5, 5.41) is 0. The smallest absolute Gasteiger partial charge is 0.108 e. The van der Waals surface area contributed by atoms with Crippen LogP contribution < -0.4 is 69.2 Å². The Hall–Kier alpha value is -0.980. The van der Waals surface area contributed by atoms with E-state index in [1.807, 2.05) is 24.3 Å². The number of unbranched alkanes of at least 4 members (excludes halogenated alkanes) is 4. The highest BCUT2D eigenvalue weighted by molar-refractivity contribution is 5.54. The third-order valence-corrected chi connectivity index (χ3v) is 9.50. The summed E-state index contributed by atoms with van der Waals surface area (Å²) in [5.41, 5.74) is 15.9. The van der Waals surface area contributed by atoms with E-state index in [4.69, 9.17) is 11.5 Å². The molecule has 0 aliphatic carbocycles. The van der Waals surface area contributed by atoms with Crippen LogP contribution in [0.2, 0.25) is 0 Å².